The quantitative estimate of drug-likeness (QED) is 0.816. The van der Waals surface area contributed by atoms with Gasteiger partial charge >= 0.3 is 7.60 Å². The Labute approximate surface area is 126 Å². The Kier molecular flexibility index (Phi) is 3.83. The summed E-state index contributed by atoms with van der Waals surface area (Å²) >= 11 is 0. The van der Waals surface area contributed by atoms with Crippen molar-refractivity contribution in [3.05, 3.63) is 35.4 Å². The van der Waals surface area contributed by atoms with Crippen LogP contribution in [0.1, 0.15) is 37.3 Å². The van der Waals surface area contributed by atoms with Crippen LogP contribution < -0.4 is 0 Å². The molecule has 3 rings (SSSR count). The van der Waals surface area contributed by atoms with Gasteiger partial charge in [0, 0.05) is 17.7 Å². The molecule has 2 aliphatic rings. The number of rotatable bonds is 2. The second-order valence-corrected chi connectivity index (χ2v) is 7.64. The minimum atomic E-state index is -4.53. The third-order valence-corrected chi connectivity index (χ3v) is 5.83. The van der Waals surface area contributed by atoms with Crippen LogP contribution in [0.25, 0.3) is 0 Å². The summed E-state index contributed by atoms with van der Waals surface area (Å²) in [6, 6.07) is 2.46. The lowest BCUT2D eigenvalue weighted by molar-refractivity contribution is -0.136. The zero-order chi connectivity index (χ0) is 16.1. The highest BCUT2D eigenvalue weighted by atomic mass is 31.2. The number of nitrogens with zero attached hydrogens (tertiary/aromatic N) is 1. The molecule has 8 heteroatoms. The minimum Gasteiger partial charge on any atom is -0.332 e. The third-order valence-electron chi connectivity index (χ3n) is 4.54. The van der Waals surface area contributed by atoms with Crippen LogP contribution in [0, 0.1) is 11.6 Å². The van der Waals surface area contributed by atoms with E-state index >= 15 is 0 Å². The van der Waals surface area contributed by atoms with E-state index in [1.54, 1.807) is 0 Å². The largest absolute Gasteiger partial charge is 0.337 e. The summed E-state index contributed by atoms with van der Waals surface area (Å²) in [5.41, 5.74) is -1.16. The predicted molar refractivity (Wildman–Crippen MR) is 74.0 cm³/mol. The van der Waals surface area contributed by atoms with Gasteiger partial charge in [-0.2, -0.15) is 0 Å². The average Bonchev–Trinajstić information content (AvgIpc) is 2.82. The highest BCUT2D eigenvalue weighted by Crippen LogP contribution is 2.51. The van der Waals surface area contributed by atoms with E-state index in [1.165, 1.54) is 11.0 Å². The highest BCUT2D eigenvalue weighted by molar-refractivity contribution is 7.53. The van der Waals surface area contributed by atoms with Gasteiger partial charge in [-0.15, -0.1) is 0 Å². The third kappa shape index (κ3) is 2.57. The Hall–Kier alpha value is -1.30. The van der Waals surface area contributed by atoms with Crippen molar-refractivity contribution in [2.45, 2.75) is 43.4 Å². The van der Waals surface area contributed by atoms with Gasteiger partial charge in [-0.1, -0.05) is 6.07 Å². The van der Waals surface area contributed by atoms with E-state index < -0.39 is 36.8 Å². The molecular weight excluding hydrogens is 315 g/mol. The molecule has 1 unspecified atom stereocenters. The molecule has 0 aliphatic carbocycles. The van der Waals surface area contributed by atoms with Gasteiger partial charge in [-0.25, -0.2) is 8.78 Å². The Bertz CT molecular complexity index is 662. The zero-order valence-corrected chi connectivity index (χ0v) is 12.5. The molecular formula is C14H16F2NO4P. The van der Waals surface area contributed by atoms with Crippen molar-refractivity contribution >= 4 is 13.5 Å². The van der Waals surface area contributed by atoms with E-state index in [0.717, 1.165) is 12.1 Å². The number of carbonyl (C=O) groups is 1. The Morgan fingerprint density at radius 1 is 1.14 bits per heavy atom. The Balaban J connectivity index is 1.95. The lowest BCUT2D eigenvalue weighted by atomic mass is 10.0. The monoisotopic (exact) mass is 331 g/mol. The average molecular weight is 331 g/mol. The summed E-state index contributed by atoms with van der Waals surface area (Å²) in [5, 5.41) is 0. The van der Waals surface area contributed by atoms with Gasteiger partial charge in [0.05, 0.1) is 6.04 Å². The van der Waals surface area contributed by atoms with E-state index in [0.29, 0.717) is 19.3 Å². The van der Waals surface area contributed by atoms with Gasteiger partial charge in [0.25, 0.3) is 0 Å². The van der Waals surface area contributed by atoms with Crippen LogP contribution in [0.15, 0.2) is 18.2 Å². The van der Waals surface area contributed by atoms with Crippen molar-refractivity contribution in [3.63, 3.8) is 0 Å². The molecule has 1 aromatic rings. The molecule has 1 aromatic carbocycles. The molecule has 1 amide bonds. The molecule has 2 aliphatic heterocycles. The minimum absolute atomic E-state index is 0.134. The number of halogens is 2. The summed E-state index contributed by atoms with van der Waals surface area (Å²) in [7, 11) is -4.53. The molecule has 3 atom stereocenters. The number of benzene rings is 1. The van der Waals surface area contributed by atoms with Crippen LogP contribution in [-0.2, 0) is 9.36 Å². The molecule has 2 fully saturated rings. The van der Waals surface area contributed by atoms with Gasteiger partial charge < -0.3 is 14.7 Å². The lowest BCUT2D eigenvalue weighted by Gasteiger charge is -2.38. The van der Waals surface area contributed by atoms with Crippen molar-refractivity contribution in [2.75, 3.05) is 0 Å². The molecule has 0 spiro atoms. The Morgan fingerprint density at radius 3 is 2.45 bits per heavy atom. The number of fused-ring (bicyclic) bond motifs is 1. The number of carbonyl (C=O) groups excluding carboxylic acids is 1. The molecule has 120 valence electrons. The smallest absolute Gasteiger partial charge is 0.332 e. The summed E-state index contributed by atoms with van der Waals surface area (Å²) in [6.07, 6.45) is 1.79. The maximum Gasteiger partial charge on any atom is 0.337 e. The van der Waals surface area contributed by atoms with Crippen LogP contribution in [0.5, 0.6) is 0 Å². The maximum absolute atomic E-state index is 14.0. The van der Waals surface area contributed by atoms with Crippen LogP contribution >= 0.6 is 7.60 Å². The maximum atomic E-state index is 14.0. The first kappa shape index (κ1) is 15.6. The van der Waals surface area contributed by atoms with Crippen molar-refractivity contribution in [2.24, 2.45) is 0 Å². The number of amides is 1. The molecule has 0 aromatic heterocycles. The molecule has 0 radical (unpaired) electrons. The van der Waals surface area contributed by atoms with Gasteiger partial charge in [0.2, 0.25) is 5.91 Å². The highest BCUT2D eigenvalue weighted by Gasteiger charge is 2.49. The predicted octanol–water partition coefficient (Wildman–Crippen LogP) is 2.34. The topological polar surface area (TPSA) is 77.8 Å². The first-order chi connectivity index (χ1) is 10.3. The zero-order valence-electron chi connectivity index (χ0n) is 11.7. The molecule has 0 saturated carbocycles. The fourth-order valence-corrected chi connectivity index (χ4v) is 4.44. The van der Waals surface area contributed by atoms with E-state index in [9.17, 15) is 27.9 Å². The van der Waals surface area contributed by atoms with Crippen LogP contribution in [0.3, 0.4) is 0 Å². The SMILES string of the molecule is O=C1C(P(=O)(O)O)CC[C@H]2CC[C@@H](c3ccc(F)cc3F)N12. The summed E-state index contributed by atoms with van der Waals surface area (Å²) in [5.74, 6) is -2.07. The van der Waals surface area contributed by atoms with Gasteiger partial charge in [0.1, 0.15) is 17.3 Å². The Morgan fingerprint density at radius 2 is 1.82 bits per heavy atom. The summed E-state index contributed by atoms with van der Waals surface area (Å²) < 4.78 is 38.5. The number of hydrogen-bond acceptors (Lipinski definition) is 2. The van der Waals surface area contributed by atoms with E-state index in [2.05, 4.69) is 0 Å². The molecule has 2 saturated heterocycles. The summed E-state index contributed by atoms with van der Waals surface area (Å²) in [6.45, 7) is 0. The van der Waals surface area contributed by atoms with Crippen LogP contribution in [0.4, 0.5) is 8.78 Å². The number of piperidine rings is 1. The van der Waals surface area contributed by atoms with Gasteiger partial charge in [0.15, 0.2) is 0 Å². The second-order valence-electron chi connectivity index (χ2n) is 5.84. The van der Waals surface area contributed by atoms with Crippen molar-refractivity contribution in [1.29, 1.82) is 0 Å². The first-order valence-corrected chi connectivity index (χ1v) is 8.79. The van der Waals surface area contributed by atoms with E-state index in [1.807, 2.05) is 0 Å². The number of hydrogen-bond donors (Lipinski definition) is 2. The lowest BCUT2D eigenvalue weighted by Crippen LogP contribution is -2.47. The van der Waals surface area contributed by atoms with E-state index in [-0.39, 0.29) is 18.0 Å². The first-order valence-electron chi connectivity index (χ1n) is 7.11. The van der Waals surface area contributed by atoms with Crippen molar-refractivity contribution < 1.29 is 27.9 Å². The second kappa shape index (κ2) is 5.41. The van der Waals surface area contributed by atoms with Crippen LogP contribution in [0.2, 0.25) is 0 Å². The normalized spacial score (nSPS) is 28.8. The van der Waals surface area contributed by atoms with Gasteiger partial charge in [-0.3, -0.25) is 9.36 Å². The standard InChI is InChI=1S/C14H16F2NO4P/c15-8-1-4-10(11(16)7-8)12-5-2-9-3-6-13(22(19,20)21)14(18)17(9)12/h1,4,7,9,12-13H,2-3,5-6H2,(H2,19,20,21)/t9-,12+,13?/m1/s1. The van der Waals surface area contributed by atoms with Crippen molar-refractivity contribution in [1.82, 2.24) is 4.90 Å². The fourth-order valence-electron chi connectivity index (χ4n) is 3.53. The molecule has 5 nitrogen and oxygen atoms in total. The van der Waals surface area contributed by atoms with Crippen LogP contribution in [-0.4, -0.2) is 32.3 Å². The summed E-state index contributed by atoms with van der Waals surface area (Å²) in [4.78, 5) is 32.5. The fraction of sp³-hybridized carbons (Fsp3) is 0.500. The molecule has 0 bridgehead atoms. The van der Waals surface area contributed by atoms with Crippen molar-refractivity contribution in [3.8, 4) is 0 Å². The van der Waals surface area contributed by atoms with Gasteiger partial charge in [-0.05, 0) is 31.7 Å². The molecule has 2 N–H and O–H groups in total. The molecule has 22 heavy (non-hydrogen) atoms. The van der Waals surface area contributed by atoms with E-state index in [4.69, 9.17) is 0 Å². The molecule has 2 heterocycles.